The number of fused-ring (bicyclic) bond motifs is 2. The van der Waals surface area contributed by atoms with E-state index in [2.05, 4.69) is 60.9 Å². The van der Waals surface area contributed by atoms with E-state index >= 15 is 0 Å². The van der Waals surface area contributed by atoms with E-state index in [1.54, 1.807) is 0 Å². The van der Waals surface area contributed by atoms with Gasteiger partial charge in [-0.3, -0.25) is 9.59 Å². The summed E-state index contributed by atoms with van der Waals surface area (Å²) in [6.45, 7) is 5.65. The number of piperidine rings is 1. The summed E-state index contributed by atoms with van der Waals surface area (Å²) in [5.41, 5.74) is 2.76. The molecule has 5 nitrogen and oxygen atoms in total. The molecule has 0 bridgehead atoms. The third-order valence-electron chi connectivity index (χ3n) is 8.78. The van der Waals surface area contributed by atoms with Crippen LogP contribution in [-0.4, -0.2) is 48.9 Å². The molecule has 2 N–H and O–H groups in total. The summed E-state index contributed by atoms with van der Waals surface area (Å²) in [5.74, 6) is 0.773. The molecule has 34 heavy (non-hydrogen) atoms. The third-order valence-corrected chi connectivity index (χ3v) is 8.78. The van der Waals surface area contributed by atoms with Gasteiger partial charge in [0.05, 0.1) is 6.04 Å². The second-order valence-corrected chi connectivity index (χ2v) is 10.9. The van der Waals surface area contributed by atoms with Crippen molar-refractivity contribution in [2.75, 3.05) is 20.1 Å². The van der Waals surface area contributed by atoms with Crippen molar-refractivity contribution >= 4 is 17.9 Å². The van der Waals surface area contributed by atoms with Crippen LogP contribution in [0.5, 0.6) is 0 Å². The second-order valence-electron chi connectivity index (χ2n) is 10.9. The summed E-state index contributed by atoms with van der Waals surface area (Å²) in [7, 11) is 1.87. The minimum atomic E-state index is -0.458. The molecular weight excluding hydrogens is 422 g/mol. The molecule has 1 saturated heterocycles. The first kappa shape index (κ1) is 25.0. The van der Waals surface area contributed by atoms with Gasteiger partial charge in [-0.25, -0.2) is 0 Å². The lowest BCUT2D eigenvalue weighted by molar-refractivity contribution is -0.139. The molecule has 2 aliphatic carbocycles. The molecule has 186 valence electrons. The Morgan fingerprint density at radius 2 is 1.82 bits per heavy atom. The number of hydrogen-bond acceptors (Lipinski definition) is 3. The normalized spacial score (nSPS) is 22.3. The number of benzene rings is 1. The SMILES string of the molecule is CC[C@H](C)[C@H](NC(=O)[C@H](CC1CCCCC1)NC)C(=O)N1CCC2(C=Cc3ccccc32)CC1. The fraction of sp³-hybridized carbons (Fsp3) is 0.655. The number of allylic oxidation sites excluding steroid dienone is 1. The minimum Gasteiger partial charge on any atom is -0.343 e. The van der Waals surface area contributed by atoms with Gasteiger partial charge in [-0.1, -0.05) is 88.8 Å². The number of carbonyl (C=O) groups is 2. The van der Waals surface area contributed by atoms with Crippen molar-refractivity contribution in [3.05, 3.63) is 41.5 Å². The molecule has 3 atom stereocenters. The Bertz CT molecular complexity index is 881. The van der Waals surface area contributed by atoms with Crippen LogP contribution in [0.25, 0.3) is 6.08 Å². The van der Waals surface area contributed by atoms with Gasteiger partial charge in [0.15, 0.2) is 0 Å². The van der Waals surface area contributed by atoms with Crippen LogP contribution in [0.15, 0.2) is 30.3 Å². The van der Waals surface area contributed by atoms with Gasteiger partial charge in [0.1, 0.15) is 6.04 Å². The van der Waals surface area contributed by atoms with Crippen molar-refractivity contribution in [1.29, 1.82) is 0 Å². The number of rotatable bonds is 8. The van der Waals surface area contributed by atoms with Crippen molar-refractivity contribution in [3.8, 4) is 0 Å². The number of likely N-dealkylation sites (N-methyl/N-ethyl adjacent to an activating group) is 1. The summed E-state index contributed by atoms with van der Waals surface area (Å²) < 4.78 is 0. The monoisotopic (exact) mass is 465 g/mol. The van der Waals surface area contributed by atoms with Crippen molar-refractivity contribution in [1.82, 2.24) is 15.5 Å². The molecule has 3 aliphatic rings. The fourth-order valence-electron chi connectivity index (χ4n) is 6.24. The molecule has 2 fully saturated rings. The van der Waals surface area contributed by atoms with E-state index in [0.29, 0.717) is 5.92 Å². The lowest BCUT2D eigenvalue weighted by atomic mass is 9.74. The number of nitrogens with zero attached hydrogens (tertiary/aromatic N) is 1. The van der Waals surface area contributed by atoms with E-state index in [1.165, 1.54) is 43.2 Å². The smallest absolute Gasteiger partial charge is 0.245 e. The molecule has 1 aromatic rings. The molecule has 1 heterocycles. The molecule has 0 unspecified atom stereocenters. The van der Waals surface area contributed by atoms with Crippen molar-refractivity contribution in [2.24, 2.45) is 11.8 Å². The summed E-state index contributed by atoms with van der Waals surface area (Å²) in [6.07, 6.45) is 14.5. The van der Waals surface area contributed by atoms with Gasteiger partial charge < -0.3 is 15.5 Å². The van der Waals surface area contributed by atoms with E-state index in [4.69, 9.17) is 0 Å². The van der Waals surface area contributed by atoms with E-state index in [9.17, 15) is 9.59 Å². The highest BCUT2D eigenvalue weighted by Crippen LogP contribution is 2.43. The van der Waals surface area contributed by atoms with Gasteiger partial charge in [0.2, 0.25) is 11.8 Å². The van der Waals surface area contributed by atoms with Crippen LogP contribution in [0.3, 0.4) is 0 Å². The maximum Gasteiger partial charge on any atom is 0.245 e. The average molecular weight is 466 g/mol. The van der Waals surface area contributed by atoms with Crippen molar-refractivity contribution in [3.63, 3.8) is 0 Å². The third kappa shape index (κ3) is 5.25. The zero-order valence-corrected chi connectivity index (χ0v) is 21.3. The van der Waals surface area contributed by atoms with Crippen LogP contribution in [-0.2, 0) is 15.0 Å². The largest absolute Gasteiger partial charge is 0.343 e. The molecule has 2 amide bonds. The zero-order valence-electron chi connectivity index (χ0n) is 21.3. The Morgan fingerprint density at radius 3 is 2.50 bits per heavy atom. The van der Waals surface area contributed by atoms with Crippen LogP contribution in [0.2, 0.25) is 0 Å². The summed E-state index contributed by atoms with van der Waals surface area (Å²) >= 11 is 0. The summed E-state index contributed by atoms with van der Waals surface area (Å²) in [4.78, 5) is 28.9. The van der Waals surface area contributed by atoms with Crippen molar-refractivity contribution < 1.29 is 9.59 Å². The van der Waals surface area contributed by atoms with E-state index in [-0.39, 0.29) is 29.2 Å². The first-order valence-corrected chi connectivity index (χ1v) is 13.5. The number of hydrogen-bond donors (Lipinski definition) is 2. The number of nitrogens with one attached hydrogen (secondary N) is 2. The second kappa shape index (κ2) is 11.1. The zero-order chi connectivity index (χ0) is 24.1. The van der Waals surface area contributed by atoms with Gasteiger partial charge in [-0.2, -0.15) is 0 Å². The molecule has 1 spiro atoms. The Morgan fingerprint density at radius 1 is 1.12 bits per heavy atom. The number of carbonyl (C=O) groups excluding carboxylic acids is 2. The predicted molar refractivity (Wildman–Crippen MR) is 138 cm³/mol. The molecule has 0 radical (unpaired) electrons. The lowest BCUT2D eigenvalue weighted by Crippen LogP contribution is -2.57. The van der Waals surface area contributed by atoms with Gasteiger partial charge in [0.25, 0.3) is 0 Å². The van der Waals surface area contributed by atoms with E-state index in [1.807, 2.05) is 11.9 Å². The van der Waals surface area contributed by atoms with Crippen LogP contribution >= 0.6 is 0 Å². The van der Waals surface area contributed by atoms with Gasteiger partial charge >= 0.3 is 0 Å². The quantitative estimate of drug-likeness (QED) is 0.587. The molecule has 1 aromatic carbocycles. The summed E-state index contributed by atoms with van der Waals surface area (Å²) in [5, 5.41) is 6.40. The Labute approximate surface area is 205 Å². The predicted octanol–water partition coefficient (Wildman–Crippen LogP) is 4.66. The molecule has 1 aliphatic heterocycles. The van der Waals surface area contributed by atoms with Gasteiger partial charge in [-0.15, -0.1) is 0 Å². The molecule has 5 heteroatoms. The minimum absolute atomic E-state index is 0.0205. The fourth-order valence-corrected chi connectivity index (χ4v) is 6.24. The van der Waals surface area contributed by atoms with E-state index in [0.717, 1.165) is 38.8 Å². The van der Waals surface area contributed by atoms with E-state index < -0.39 is 6.04 Å². The molecular formula is C29H43N3O2. The number of likely N-dealkylation sites (tertiary alicyclic amines) is 1. The van der Waals surface area contributed by atoms with Crippen LogP contribution in [0, 0.1) is 11.8 Å². The Balaban J connectivity index is 1.39. The Kier molecular flexibility index (Phi) is 8.13. The summed E-state index contributed by atoms with van der Waals surface area (Å²) in [6, 6.07) is 7.93. The van der Waals surface area contributed by atoms with Gasteiger partial charge in [0, 0.05) is 18.5 Å². The van der Waals surface area contributed by atoms with Crippen molar-refractivity contribution in [2.45, 2.75) is 89.1 Å². The Hall–Kier alpha value is -2.14. The topological polar surface area (TPSA) is 61.4 Å². The number of amides is 2. The standard InChI is InChI=1S/C29H43N3O2/c1-4-21(2)26(31-27(33)25(30-3)20-22-10-6-5-7-11-22)28(34)32-18-16-29(17-19-32)15-14-23-12-8-9-13-24(23)29/h8-9,12-15,21-22,25-26,30H,4-7,10-11,16-20H2,1-3H3,(H,31,33)/t21-,25-,26-/m0/s1. The highest BCUT2D eigenvalue weighted by Gasteiger charge is 2.41. The molecule has 1 saturated carbocycles. The lowest BCUT2D eigenvalue weighted by Gasteiger charge is -2.41. The van der Waals surface area contributed by atoms with Gasteiger partial charge in [-0.05, 0) is 49.3 Å². The average Bonchev–Trinajstić information content (AvgIpc) is 3.23. The maximum absolute atomic E-state index is 13.7. The first-order chi connectivity index (χ1) is 16.5. The maximum atomic E-state index is 13.7. The van der Waals surface area contributed by atoms with Crippen LogP contribution in [0.4, 0.5) is 0 Å². The highest BCUT2D eigenvalue weighted by molar-refractivity contribution is 5.90. The van der Waals surface area contributed by atoms with Crippen LogP contribution < -0.4 is 10.6 Å². The molecule has 0 aromatic heterocycles. The highest BCUT2D eigenvalue weighted by atomic mass is 16.2. The first-order valence-electron chi connectivity index (χ1n) is 13.5. The molecule has 4 rings (SSSR count). The van der Waals surface area contributed by atoms with Crippen LogP contribution in [0.1, 0.15) is 82.8 Å².